The van der Waals surface area contributed by atoms with Crippen molar-refractivity contribution >= 4 is 29.2 Å². The lowest BCUT2D eigenvalue weighted by Gasteiger charge is -2.27. The van der Waals surface area contributed by atoms with Crippen molar-refractivity contribution in [1.82, 2.24) is 0 Å². The van der Waals surface area contributed by atoms with Crippen LogP contribution in [0, 0.1) is 11.3 Å². The summed E-state index contributed by atoms with van der Waals surface area (Å²) in [6, 6.07) is 18.9. The molecule has 0 aromatic heterocycles. The summed E-state index contributed by atoms with van der Waals surface area (Å²) < 4.78 is 17.0. The van der Waals surface area contributed by atoms with Crippen molar-refractivity contribution in [3.8, 4) is 23.3 Å². The highest BCUT2D eigenvalue weighted by Gasteiger charge is 2.33. The van der Waals surface area contributed by atoms with Crippen molar-refractivity contribution in [2.24, 2.45) is 5.73 Å². The molecule has 6 nitrogen and oxygen atoms in total. The molecule has 1 aliphatic heterocycles. The number of benzene rings is 3. The van der Waals surface area contributed by atoms with E-state index >= 15 is 0 Å². The van der Waals surface area contributed by atoms with Gasteiger partial charge < -0.3 is 19.9 Å². The molecule has 0 spiro atoms. The number of nitriles is 1. The van der Waals surface area contributed by atoms with Gasteiger partial charge in [-0.25, -0.2) is 4.79 Å². The maximum atomic E-state index is 12.8. The molecule has 0 amide bonds. The molecule has 34 heavy (non-hydrogen) atoms. The molecule has 1 heterocycles. The smallest absolute Gasteiger partial charge is 0.347 e. The third-order valence-corrected chi connectivity index (χ3v) is 5.92. The normalized spacial score (nSPS) is 14.6. The first kappa shape index (κ1) is 23.5. The van der Waals surface area contributed by atoms with E-state index in [1.54, 1.807) is 60.7 Å². The first-order chi connectivity index (χ1) is 16.4. The zero-order valence-electron chi connectivity index (χ0n) is 18.2. The van der Waals surface area contributed by atoms with Crippen molar-refractivity contribution in [1.29, 1.82) is 5.26 Å². The second kappa shape index (κ2) is 10.1. The highest BCUT2D eigenvalue weighted by Crippen LogP contribution is 2.47. The van der Waals surface area contributed by atoms with Crippen LogP contribution < -0.4 is 19.9 Å². The summed E-state index contributed by atoms with van der Waals surface area (Å²) in [6.07, 6.45) is 0.807. The lowest BCUT2D eigenvalue weighted by atomic mass is 9.83. The van der Waals surface area contributed by atoms with E-state index in [2.05, 4.69) is 6.07 Å². The SMILES string of the molecule is CCCOc1ccccc1C(=O)Oc1ccc2c(c1)OC(N)=C(C#N)C2c1c(Cl)cccc1Cl. The van der Waals surface area contributed by atoms with Crippen LogP contribution in [-0.2, 0) is 0 Å². The number of rotatable bonds is 6. The van der Waals surface area contributed by atoms with Crippen LogP contribution in [0.15, 0.2) is 72.1 Å². The van der Waals surface area contributed by atoms with E-state index in [4.69, 9.17) is 43.1 Å². The Morgan fingerprint density at radius 1 is 1.12 bits per heavy atom. The van der Waals surface area contributed by atoms with Crippen molar-refractivity contribution in [3.05, 3.63) is 98.9 Å². The lowest BCUT2D eigenvalue weighted by molar-refractivity contribution is 0.0730. The summed E-state index contributed by atoms with van der Waals surface area (Å²) in [5, 5.41) is 10.5. The molecule has 172 valence electrons. The summed E-state index contributed by atoms with van der Waals surface area (Å²) >= 11 is 12.9. The van der Waals surface area contributed by atoms with Gasteiger partial charge in [0.25, 0.3) is 0 Å². The summed E-state index contributed by atoms with van der Waals surface area (Å²) in [5.41, 5.74) is 7.72. The van der Waals surface area contributed by atoms with Gasteiger partial charge in [0.05, 0.1) is 12.5 Å². The van der Waals surface area contributed by atoms with Crippen molar-refractivity contribution in [2.75, 3.05) is 6.61 Å². The number of ether oxygens (including phenoxy) is 3. The number of esters is 1. The molecule has 0 aliphatic carbocycles. The predicted molar refractivity (Wildman–Crippen MR) is 129 cm³/mol. The third kappa shape index (κ3) is 4.54. The number of fused-ring (bicyclic) bond motifs is 1. The molecule has 0 radical (unpaired) electrons. The summed E-state index contributed by atoms with van der Waals surface area (Å²) in [4.78, 5) is 12.8. The summed E-state index contributed by atoms with van der Waals surface area (Å²) in [5.74, 6) is -0.262. The van der Waals surface area contributed by atoms with Gasteiger partial charge in [0.1, 0.15) is 34.5 Å². The average molecular weight is 495 g/mol. The van der Waals surface area contributed by atoms with Crippen LogP contribution in [-0.4, -0.2) is 12.6 Å². The average Bonchev–Trinajstić information content (AvgIpc) is 2.82. The molecule has 3 aromatic rings. The Labute approximate surface area is 207 Å². The zero-order chi connectivity index (χ0) is 24.2. The van der Waals surface area contributed by atoms with Crippen LogP contribution in [0.5, 0.6) is 17.2 Å². The first-order valence-electron chi connectivity index (χ1n) is 10.5. The number of nitrogens with zero attached hydrogens (tertiary/aromatic N) is 1. The topological polar surface area (TPSA) is 94.6 Å². The third-order valence-electron chi connectivity index (χ3n) is 5.26. The number of hydrogen-bond acceptors (Lipinski definition) is 6. The van der Waals surface area contributed by atoms with E-state index in [0.29, 0.717) is 44.8 Å². The molecule has 8 heteroatoms. The molecule has 0 fully saturated rings. The lowest BCUT2D eigenvalue weighted by Crippen LogP contribution is -2.21. The second-order valence-corrected chi connectivity index (χ2v) is 8.31. The fourth-order valence-corrected chi connectivity index (χ4v) is 4.33. The number of nitrogens with two attached hydrogens (primary N) is 1. The van der Waals surface area contributed by atoms with Gasteiger partial charge in [-0.1, -0.05) is 54.4 Å². The van der Waals surface area contributed by atoms with Crippen molar-refractivity contribution in [3.63, 3.8) is 0 Å². The van der Waals surface area contributed by atoms with E-state index in [9.17, 15) is 10.1 Å². The van der Waals surface area contributed by atoms with Gasteiger partial charge in [-0.2, -0.15) is 5.26 Å². The van der Waals surface area contributed by atoms with Gasteiger partial charge in [0.2, 0.25) is 5.88 Å². The van der Waals surface area contributed by atoms with Crippen LogP contribution in [0.1, 0.15) is 40.7 Å². The number of allylic oxidation sites excluding steroid dienone is 1. The van der Waals surface area contributed by atoms with Gasteiger partial charge in [-0.15, -0.1) is 0 Å². The second-order valence-electron chi connectivity index (χ2n) is 7.49. The van der Waals surface area contributed by atoms with E-state index in [1.165, 1.54) is 0 Å². The minimum Gasteiger partial charge on any atom is -0.493 e. The monoisotopic (exact) mass is 494 g/mol. The van der Waals surface area contributed by atoms with Crippen LogP contribution in [0.3, 0.4) is 0 Å². The Morgan fingerprint density at radius 3 is 2.56 bits per heavy atom. The molecular formula is C26H20Cl2N2O4. The molecule has 1 aliphatic rings. The summed E-state index contributed by atoms with van der Waals surface area (Å²) in [6.45, 7) is 2.46. The molecule has 0 saturated carbocycles. The number of carbonyl (C=O) groups excluding carboxylic acids is 1. The predicted octanol–water partition coefficient (Wildman–Crippen LogP) is 6.22. The highest BCUT2D eigenvalue weighted by molar-refractivity contribution is 6.36. The van der Waals surface area contributed by atoms with Crippen LogP contribution in [0.25, 0.3) is 0 Å². The van der Waals surface area contributed by atoms with Crippen LogP contribution in [0.2, 0.25) is 10.0 Å². The Morgan fingerprint density at radius 2 is 1.85 bits per heavy atom. The Balaban J connectivity index is 1.69. The molecule has 0 bridgehead atoms. The number of halogens is 2. The largest absolute Gasteiger partial charge is 0.493 e. The van der Waals surface area contributed by atoms with E-state index in [1.807, 2.05) is 6.92 Å². The van der Waals surface area contributed by atoms with Crippen LogP contribution in [0.4, 0.5) is 0 Å². The molecule has 2 N–H and O–H groups in total. The molecular weight excluding hydrogens is 475 g/mol. The van der Waals surface area contributed by atoms with Gasteiger partial charge in [0.15, 0.2) is 0 Å². The fourth-order valence-electron chi connectivity index (χ4n) is 3.72. The van der Waals surface area contributed by atoms with E-state index in [-0.39, 0.29) is 17.2 Å². The van der Waals surface area contributed by atoms with Crippen LogP contribution >= 0.6 is 23.2 Å². The van der Waals surface area contributed by atoms with E-state index < -0.39 is 11.9 Å². The number of para-hydroxylation sites is 1. The number of hydrogen-bond donors (Lipinski definition) is 1. The molecule has 1 atom stereocenters. The maximum Gasteiger partial charge on any atom is 0.347 e. The maximum absolute atomic E-state index is 12.8. The Hall–Kier alpha value is -3.66. The van der Waals surface area contributed by atoms with Gasteiger partial charge >= 0.3 is 5.97 Å². The van der Waals surface area contributed by atoms with Crippen molar-refractivity contribution in [2.45, 2.75) is 19.3 Å². The summed E-state index contributed by atoms with van der Waals surface area (Å²) in [7, 11) is 0. The molecule has 0 saturated heterocycles. The van der Waals surface area contributed by atoms with Crippen molar-refractivity contribution < 1.29 is 19.0 Å². The molecule has 3 aromatic carbocycles. The minimum atomic E-state index is -0.636. The standard InChI is InChI=1S/C26H20Cl2N2O4/c1-2-12-32-21-9-4-3-6-17(21)26(31)33-15-10-11-16-22(13-15)34-25(30)18(14-29)23(16)24-19(27)7-5-8-20(24)28/h3-11,13,23H,2,12,30H2,1H3. The quantitative estimate of drug-likeness (QED) is 0.322. The fraction of sp³-hybridized carbons (Fsp3) is 0.154. The zero-order valence-corrected chi connectivity index (χ0v) is 19.7. The molecule has 4 rings (SSSR count). The number of carbonyl (C=O) groups is 1. The Bertz CT molecular complexity index is 1310. The van der Waals surface area contributed by atoms with E-state index in [0.717, 1.165) is 6.42 Å². The van der Waals surface area contributed by atoms with Gasteiger partial charge in [-0.3, -0.25) is 0 Å². The minimum absolute atomic E-state index is 0.0715. The first-order valence-corrected chi connectivity index (χ1v) is 11.3. The van der Waals surface area contributed by atoms with Gasteiger partial charge in [-0.05, 0) is 36.8 Å². The Kier molecular flexibility index (Phi) is 6.97. The van der Waals surface area contributed by atoms with Gasteiger partial charge in [0, 0.05) is 27.2 Å². The highest BCUT2D eigenvalue weighted by atomic mass is 35.5. The molecule has 1 unspecified atom stereocenters.